The van der Waals surface area contributed by atoms with E-state index in [0.717, 1.165) is 23.5 Å². The first-order valence-electron chi connectivity index (χ1n) is 9.04. The van der Waals surface area contributed by atoms with Crippen LogP contribution in [0.25, 0.3) is 10.2 Å². The Kier molecular flexibility index (Phi) is 5.52. The first kappa shape index (κ1) is 20.7. The van der Waals surface area contributed by atoms with E-state index in [-0.39, 0.29) is 5.52 Å². The lowest BCUT2D eigenvalue weighted by Crippen LogP contribution is -2.38. The van der Waals surface area contributed by atoms with Gasteiger partial charge in [-0.1, -0.05) is 0 Å². The fourth-order valence-electron chi connectivity index (χ4n) is 2.98. The topological polar surface area (TPSA) is 70.7 Å². The SMILES string of the molecule is COc1ccc(OC2N=CC=CN2C(C#N)c2nc3cc(C(F)(F)F)ccc3s2)cc1. The maximum absolute atomic E-state index is 13.0. The minimum atomic E-state index is -4.46. The Morgan fingerprint density at radius 3 is 2.58 bits per heavy atom. The summed E-state index contributed by atoms with van der Waals surface area (Å²) < 4.78 is 50.6. The van der Waals surface area contributed by atoms with Gasteiger partial charge in [0.1, 0.15) is 16.5 Å². The van der Waals surface area contributed by atoms with Gasteiger partial charge >= 0.3 is 6.18 Å². The van der Waals surface area contributed by atoms with Gasteiger partial charge in [0.15, 0.2) is 6.04 Å². The normalized spacial score (nSPS) is 16.9. The first-order valence-corrected chi connectivity index (χ1v) is 9.86. The Bertz CT molecular complexity index is 1180. The van der Waals surface area contributed by atoms with Crippen LogP contribution in [-0.2, 0) is 6.18 Å². The van der Waals surface area contributed by atoms with E-state index < -0.39 is 24.1 Å². The Balaban J connectivity index is 1.62. The number of halogens is 3. The summed E-state index contributed by atoms with van der Waals surface area (Å²) in [4.78, 5) is 10.1. The van der Waals surface area contributed by atoms with Gasteiger partial charge in [-0.15, -0.1) is 11.3 Å². The van der Waals surface area contributed by atoms with E-state index in [1.54, 1.807) is 54.8 Å². The molecule has 3 aromatic rings. The van der Waals surface area contributed by atoms with E-state index in [9.17, 15) is 18.4 Å². The number of rotatable bonds is 5. The van der Waals surface area contributed by atoms with Crippen molar-refractivity contribution in [2.45, 2.75) is 18.6 Å². The summed E-state index contributed by atoms with van der Waals surface area (Å²) in [5, 5.41) is 10.2. The number of aromatic nitrogens is 1. The zero-order valence-electron chi connectivity index (χ0n) is 16.1. The highest BCUT2D eigenvalue weighted by molar-refractivity contribution is 7.18. The summed E-state index contributed by atoms with van der Waals surface area (Å²) in [5.74, 6) is 1.18. The zero-order chi connectivity index (χ0) is 22.0. The third-order valence-electron chi connectivity index (χ3n) is 4.50. The molecular weight excluding hydrogens is 429 g/mol. The Morgan fingerprint density at radius 2 is 1.90 bits per heavy atom. The van der Waals surface area contributed by atoms with Crippen molar-refractivity contribution in [1.82, 2.24) is 9.88 Å². The molecule has 31 heavy (non-hydrogen) atoms. The van der Waals surface area contributed by atoms with Crippen molar-refractivity contribution in [1.29, 1.82) is 5.26 Å². The third-order valence-corrected chi connectivity index (χ3v) is 5.59. The largest absolute Gasteiger partial charge is 0.497 e. The van der Waals surface area contributed by atoms with Crippen molar-refractivity contribution in [3.05, 3.63) is 65.3 Å². The number of hydrogen-bond donors (Lipinski definition) is 0. The number of nitrogens with zero attached hydrogens (tertiary/aromatic N) is 4. The molecule has 1 aliphatic rings. The molecule has 0 radical (unpaired) electrons. The van der Waals surface area contributed by atoms with Crippen molar-refractivity contribution in [2.75, 3.05) is 7.11 Å². The van der Waals surface area contributed by atoms with Crippen molar-refractivity contribution in [3.8, 4) is 17.6 Å². The number of thiazole rings is 1. The Labute approximate surface area is 179 Å². The molecule has 0 N–H and O–H groups in total. The molecule has 0 spiro atoms. The van der Waals surface area contributed by atoms with Crippen LogP contribution in [0.1, 0.15) is 16.6 Å². The van der Waals surface area contributed by atoms with Crippen molar-refractivity contribution in [2.24, 2.45) is 4.99 Å². The molecule has 4 rings (SSSR count). The lowest BCUT2D eigenvalue weighted by Gasteiger charge is -2.31. The molecule has 2 unspecified atom stereocenters. The number of benzene rings is 2. The van der Waals surface area contributed by atoms with Gasteiger partial charge in [-0.2, -0.15) is 18.4 Å². The number of methoxy groups -OCH3 is 1. The molecule has 158 valence electrons. The van der Waals surface area contributed by atoms with E-state index >= 15 is 0 Å². The summed E-state index contributed by atoms with van der Waals surface area (Å²) in [6, 6.07) is 11.5. The van der Waals surface area contributed by atoms with E-state index in [0.29, 0.717) is 21.2 Å². The van der Waals surface area contributed by atoms with Gasteiger partial charge in [0.25, 0.3) is 6.35 Å². The molecule has 0 saturated heterocycles. The van der Waals surface area contributed by atoms with Crippen LogP contribution >= 0.6 is 11.3 Å². The number of nitriles is 1. The molecule has 0 amide bonds. The highest BCUT2D eigenvalue weighted by Crippen LogP contribution is 2.36. The van der Waals surface area contributed by atoms with Crippen molar-refractivity contribution in [3.63, 3.8) is 0 Å². The average Bonchev–Trinajstić information content (AvgIpc) is 3.18. The van der Waals surface area contributed by atoms with Crippen LogP contribution in [0.5, 0.6) is 11.5 Å². The third kappa shape index (κ3) is 4.32. The van der Waals surface area contributed by atoms with E-state index in [2.05, 4.69) is 16.0 Å². The summed E-state index contributed by atoms with van der Waals surface area (Å²) >= 11 is 1.16. The number of allylic oxidation sites excluding steroid dienone is 1. The summed E-state index contributed by atoms with van der Waals surface area (Å²) in [7, 11) is 1.56. The molecule has 2 heterocycles. The molecule has 0 saturated carbocycles. The molecule has 0 aliphatic carbocycles. The predicted molar refractivity (Wildman–Crippen MR) is 110 cm³/mol. The van der Waals surface area contributed by atoms with Gasteiger partial charge in [0.05, 0.1) is 29.0 Å². The summed E-state index contributed by atoms with van der Waals surface area (Å²) in [6.07, 6.45) is -0.475. The minimum absolute atomic E-state index is 0.187. The Hall–Kier alpha value is -3.58. The number of alkyl halides is 3. The molecule has 10 heteroatoms. The quantitative estimate of drug-likeness (QED) is 0.544. The van der Waals surface area contributed by atoms with Gasteiger partial charge < -0.3 is 14.4 Å². The second kappa shape index (κ2) is 8.28. The minimum Gasteiger partial charge on any atom is -0.497 e. The molecule has 6 nitrogen and oxygen atoms in total. The van der Waals surface area contributed by atoms with Crippen LogP contribution in [0, 0.1) is 11.3 Å². The van der Waals surface area contributed by atoms with Gasteiger partial charge in [0, 0.05) is 12.4 Å². The van der Waals surface area contributed by atoms with Crippen LogP contribution in [-0.4, -0.2) is 29.6 Å². The molecule has 0 bridgehead atoms. The van der Waals surface area contributed by atoms with E-state index in [1.807, 2.05) is 0 Å². The van der Waals surface area contributed by atoms with Gasteiger partial charge in [-0.05, 0) is 48.5 Å². The maximum Gasteiger partial charge on any atom is 0.416 e. The average molecular weight is 444 g/mol. The van der Waals surface area contributed by atoms with Gasteiger partial charge in [-0.3, -0.25) is 0 Å². The van der Waals surface area contributed by atoms with Crippen LogP contribution in [0.4, 0.5) is 13.2 Å². The highest BCUT2D eigenvalue weighted by Gasteiger charge is 2.32. The number of ether oxygens (including phenoxy) is 2. The smallest absolute Gasteiger partial charge is 0.416 e. The number of fused-ring (bicyclic) bond motifs is 1. The first-order chi connectivity index (χ1) is 14.9. The fourth-order valence-corrected chi connectivity index (χ4v) is 3.98. The number of aliphatic imine (C=N–C) groups is 1. The summed E-state index contributed by atoms with van der Waals surface area (Å²) in [5.41, 5.74) is -0.597. The van der Waals surface area contributed by atoms with Crippen LogP contribution in [0.15, 0.2) is 59.7 Å². The van der Waals surface area contributed by atoms with E-state index in [4.69, 9.17) is 9.47 Å². The fraction of sp³-hybridized carbons (Fsp3) is 0.190. The van der Waals surface area contributed by atoms with Gasteiger partial charge in [0.2, 0.25) is 0 Å². The molecule has 1 aliphatic heterocycles. The molecule has 1 aromatic heterocycles. The van der Waals surface area contributed by atoms with Crippen LogP contribution < -0.4 is 9.47 Å². The highest BCUT2D eigenvalue weighted by atomic mass is 32.1. The number of hydrogen-bond acceptors (Lipinski definition) is 7. The second-order valence-electron chi connectivity index (χ2n) is 6.47. The lowest BCUT2D eigenvalue weighted by molar-refractivity contribution is -0.137. The summed E-state index contributed by atoms with van der Waals surface area (Å²) in [6.45, 7) is 0. The standard InChI is InChI=1S/C21H15F3N4O2S/c1-29-14-4-6-15(7-5-14)30-20-26-9-2-10-28(20)17(12-25)19-27-16-11-13(21(22,23)24)3-8-18(16)31-19/h2-11,17,20H,1H3. The lowest BCUT2D eigenvalue weighted by atomic mass is 10.2. The monoisotopic (exact) mass is 444 g/mol. The Morgan fingerprint density at radius 1 is 1.16 bits per heavy atom. The van der Waals surface area contributed by atoms with Crippen molar-refractivity contribution < 1.29 is 22.6 Å². The van der Waals surface area contributed by atoms with Gasteiger partial charge in [-0.25, -0.2) is 9.98 Å². The van der Waals surface area contributed by atoms with E-state index in [1.165, 1.54) is 6.07 Å². The van der Waals surface area contributed by atoms with Crippen molar-refractivity contribution >= 4 is 27.8 Å². The second-order valence-corrected chi connectivity index (χ2v) is 7.53. The maximum atomic E-state index is 13.0. The molecule has 0 fully saturated rings. The molecule has 2 atom stereocenters. The van der Waals surface area contributed by atoms with Crippen LogP contribution in [0.2, 0.25) is 0 Å². The zero-order valence-corrected chi connectivity index (χ0v) is 16.9. The van der Waals surface area contributed by atoms with Crippen LogP contribution in [0.3, 0.4) is 0 Å². The molecule has 2 aromatic carbocycles. The molecular formula is C21H15F3N4O2S. The predicted octanol–water partition coefficient (Wildman–Crippen LogP) is 5.15.